The van der Waals surface area contributed by atoms with Crippen molar-refractivity contribution in [3.05, 3.63) is 113 Å². The van der Waals surface area contributed by atoms with E-state index in [9.17, 15) is 0 Å². The summed E-state index contributed by atoms with van der Waals surface area (Å²) in [6.45, 7) is 3.83. The van der Waals surface area contributed by atoms with E-state index < -0.39 is 23.2 Å². The van der Waals surface area contributed by atoms with Gasteiger partial charge >= 0.3 is 0 Å². The second-order valence-corrected chi connectivity index (χ2v) is 15.5. The monoisotopic (exact) mass is 692 g/mol. The molecular weight excluding hydrogens is 673 g/mol. The van der Waals surface area contributed by atoms with E-state index >= 15 is 0 Å². The lowest BCUT2D eigenvalue weighted by atomic mass is 9.78. The predicted octanol–water partition coefficient (Wildman–Crippen LogP) is 10.6. The Labute approximate surface area is 268 Å². The Balaban J connectivity index is 2.49. The smallest absolute Gasteiger partial charge is 0.216 e. The van der Waals surface area contributed by atoms with Gasteiger partial charge in [-0.2, -0.15) is 0 Å². The van der Waals surface area contributed by atoms with Crippen LogP contribution in [-0.4, -0.2) is 6.23 Å². The molecule has 3 aromatic carbocycles. The summed E-state index contributed by atoms with van der Waals surface area (Å²) in [6, 6.07) is 21.0. The predicted molar refractivity (Wildman–Crippen MR) is 165 cm³/mol. The van der Waals surface area contributed by atoms with Crippen molar-refractivity contribution in [2.75, 3.05) is 0 Å². The summed E-state index contributed by atoms with van der Waals surface area (Å²) in [6.07, 6.45) is 1.15. The molecule has 3 aromatic rings. The first-order valence-electron chi connectivity index (χ1n) is 11.3. The van der Waals surface area contributed by atoms with E-state index in [0.29, 0.717) is 33.4 Å². The number of ether oxygens (including phenoxy) is 1. The van der Waals surface area contributed by atoms with E-state index in [4.69, 9.17) is 115 Å². The fraction of sp³-hybridized carbons (Fsp3) is 0.296. The van der Waals surface area contributed by atoms with Crippen LogP contribution >= 0.6 is 104 Å². The van der Waals surface area contributed by atoms with E-state index in [1.165, 1.54) is 0 Å². The Morgan fingerprint density at radius 3 is 1.16 bits per heavy atom. The Bertz CT molecular complexity index is 1110. The fourth-order valence-corrected chi connectivity index (χ4v) is 5.01. The van der Waals surface area contributed by atoms with Crippen molar-refractivity contribution in [3.8, 4) is 0 Å². The minimum Gasteiger partial charge on any atom is -0.343 e. The maximum atomic E-state index is 6.81. The Morgan fingerprint density at radius 1 is 0.605 bits per heavy atom. The van der Waals surface area contributed by atoms with Crippen LogP contribution < -0.4 is 5.73 Å². The van der Waals surface area contributed by atoms with Crippen LogP contribution in [0.3, 0.4) is 0 Å². The molecule has 0 saturated heterocycles. The quantitative estimate of drug-likeness (QED) is 0.152. The van der Waals surface area contributed by atoms with Crippen LogP contribution in [0.5, 0.6) is 0 Å². The zero-order valence-corrected chi connectivity index (χ0v) is 26.9. The van der Waals surface area contributed by atoms with Crippen molar-refractivity contribution in [1.82, 2.24) is 0 Å². The summed E-state index contributed by atoms with van der Waals surface area (Å²) in [4.78, 5) is 0. The molecule has 0 saturated carbocycles. The van der Waals surface area contributed by atoms with Crippen molar-refractivity contribution < 1.29 is 4.74 Å². The normalized spacial score (nSPS) is 14.8. The first kappa shape index (κ1) is 32.7. The molecule has 2 nitrogen and oxygen atoms in total. The molecule has 0 aliphatic heterocycles. The molecule has 1 radical (unpaired) electrons. The van der Waals surface area contributed by atoms with Crippen molar-refractivity contribution in [2.24, 2.45) is 11.7 Å². The fourth-order valence-electron chi connectivity index (χ4n) is 3.95. The lowest BCUT2D eigenvalue weighted by Gasteiger charge is -2.40. The summed E-state index contributed by atoms with van der Waals surface area (Å²) in [5, 5.41) is 0. The molecule has 205 valence electrons. The van der Waals surface area contributed by atoms with Gasteiger partial charge in [0.1, 0.15) is 11.8 Å². The van der Waals surface area contributed by atoms with Gasteiger partial charge in [-0.15, -0.1) is 0 Å². The van der Waals surface area contributed by atoms with Gasteiger partial charge in [-0.3, -0.25) is 0 Å². The van der Waals surface area contributed by atoms with Gasteiger partial charge in [0.2, 0.25) is 11.4 Å². The van der Waals surface area contributed by atoms with Crippen LogP contribution in [0, 0.1) is 12.3 Å². The van der Waals surface area contributed by atoms with Gasteiger partial charge in [0.15, 0.2) is 0 Å². The van der Waals surface area contributed by atoms with Crippen molar-refractivity contribution >= 4 is 104 Å². The Morgan fingerprint density at radius 2 is 0.895 bits per heavy atom. The lowest BCUT2D eigenvalue weighted by molar-refractivity contribution is -0.0625. The van der Waals surface area contributed by atoms with E-state index in [0.717, 1.165) is 0 Å². The zero-order valence-electron chi connectivity index (χ0n) is 20.0. The molecule has 0 spiro atoms. The van der Waals surface area contributed by atoms with Crippen LogP contribution in [0.25, 0.3) is 0 Å². The highest BCUT2D eigenvalue weighted by Gasteiger charge is 2.43. The van der Waals surface area contributed by atoms with E-state index in [1.807, 2.05) is 38.5 Å². The number of alkyl halides is 9. The van der Waals surface area contributed by atoms with Gasteiger partial charge < -0.3 is 10.5 Å². The van der Waals surface area contributed by atoms with Crippen LogP contribution in [-0.2, 0) is 21.7 Å². The van der Waals surface area contributed by atoms with Gasteiger partial charge in [-0.05, 0) is 47.2 Å². The largest absolute Gasteiger partial charge is 0.343 e. The number of rotatable bonds is 7. The molecule has 0 aromatic heterocycles. The van der Waals surface area contributed by atoms with E-state index in [2.05, 4.69) is 0 Å². The van der Waals surface area contributed by atoms with Crippen molar-refractivity contribution in [1.29, 1.82) is 0 Å². The molecule has 2 N–H and O–H groups in total. The second-order valence-electron chi connectivity index (χ2n) is 8.69. The molecule has 3 rings (SSSR count). The first-order chi connectivity index (χ1) is 17.5. The second kappa shape index (κ2) is 12.6. The molecule has 0 aliphatic rings. The lowest BCUT2D eigenvalue weighted by Crippen LogP contribution is -2.43. The number of benzene rings is 3. The highest BCUT2D eigenvalue weighted by atomic mass is 35.6. The minimum atomic E-state index is -1.72. The third kappa shape index (κ3) is 7.52. The zero-order chi connectivity index (χ0) is 28.5. The molecular formula is C27H23Cl9NO. The highest BCUT2D eigenvalue weighted by Crippen LogP contribution is 2.48. The molecule has 0 bridgehead atoms. The minimum absolute atomic E-state index is 0.154. The number of halogens is 9. The van der Waals surface area contributed by atoms with Gasteiger partial charge in [0.25, 0.3) is 0 Å². The summed E-state index contributed by atoms with van der Waals surface area (Å²) < 4.78 is 1.67. The van der Waals surface area contributed by atoms with Crippen LogP contribution in [0.2, 0.25) is 0 Å². The average Bonchev–Trinajstić information content (AvgIpc) is 2.85. The first-order valence-corrected chi connectivity index (χ1v) is 14.7. The molecule has 38 heavy (non-hydrogen) atoms. The van der Waals surface area contributed by atoms with Gasteiger partial charge in [-0.1, -0.05) is 173 Å². The maximum Gasteiger partial charge on any atom is 0.216 e. The SMILES string of the molecule is C[CH]C(C)C(N)OC(c1cccc(C(Cl)(Cl)Cl)c1)(c1cccc(C(Cl)(Cl)Cl)c1)c1cccc(C(Cl)(Cl)Cl)c1. The van der Waals surface area contributed by atoms with Crippen molar-refractivity contribution in [3.63, 3.8) is 0 Å². The highest BCUT2D eigenvalue weighted by molar-refractivity contribution is 6.67. The number of hydrogen-bond donors (Lipinski definition) is 1. The van der Waals surface area contributed by atoms with Crippen molar-refractivity contribution in [2.45, 2.75) is 37.1 Å². The molecule has 0 aliphatic carbocycles. The van der Waals surface area contributed by atoms with Gasteiger partial charge in [0.05, 0.1) is 0 Å². The van der Waals surface area contributed by atoms with E-state index in [1.54, 1.807) is 54.6 Å². The molecule has 0 heterocycles. The van der Waals surface area contributed by atoms with Gasteiger partial charge in [0, 0.05) is 16.7 Å². The number of nitrogens with two attached hydrogens (primary N) is 1. The summed E-state index contributed by atoms with van der Waals surface area (Å²) in [7, 11) is 0. The Hall–Kier alpha value is 0.190. The maximum absolute atomic E-state index is 6.81. The molecule has 2 unspecified atom stereocenters. The number of hydrogen-bond acceptors (Lipinski definition) is 2. The standard InChI is InChI=1S/C27H23Cl9NO/c1-3-16(2)23(37)38-24(17-7-4-10-20(13-17)25(28,29)30,18-8-5-11-21(14-18)26(31,32)33)19-9-6-12-22(15-19)27(34,35)36/h3-16,23H,37H2,1-2H3. The third-order valence-electron chi connectivity index (χ3n) is 6.15. The molecule has 11 heteroatoms. The summed E-state index contributed by atoms with van der Waals surface area (Å²) in [5.74, 6) is -0.154. The Kier molecular flexibility index (Phi) is 10.8. The average molecular weight is 697 g/mol. The molecule has 0 amide bonds. The van der Waals surface area contributed by atoms with Crippen LogP contribution in [0.15, 0.2) is 72.8 Å². The molecule has 2 atom stereocenters. The van der Waals surface area contributed by atoms with Gasteiger partial charge in [-0.25, -0.2) is 0 Å². The van der Waals surface area contributed by atoms with Crippen LogP contribution in [0.4, 0.5) is 0 Å². The van der Waals surface area contributed by atoms with E-state index in [-0.39, 0.29) is 5.92 Å². The summed E-state index contributed by atoms with van der Waals surface area (Å²) in [5.41, 5.74) is 8.18. The van der Waals surface area contributed by atoms with Crippen LogP contribution in [0.1, 0.15) is 47.2 Å². The third-order valence-corrected chi connectivity index (χ3v) is 8.11. The topological polar surface area (TPSA) is 35.2 Å². The molecule has 0 fully saturated rings. The summed E-state index contributed by atoms with van der Waals surface area (Å²) >= 11 is 56.5.